The zero-order valence-electron chi connectivity index (χ0n) is 14.6. The Morgan fingerprint density at radius 1 is 1.17 bits per heavy atom. The van der Waals surface area contributed by atoms with Gasteiger partial charge in [0.1, 0.15) is 0 Å². The summed E-state index contributed by atoms with van der Waals surface area (Å²) in [6.07, 6.45) is 3.80. The minimum atomic E-state index is 0.0304. The molecule has 0 bridgehead atoms. The van der Waals surface area contributed by atoms with Gasteiger partial charge in [-0.15, -0.1) is 0 Å². The molecule has 2 fully saturated rings. The van der Waals surface area contributed by atoms with Crippen molar-refractivity contribution in [1.29, 1.82) is 0 Å². The van der Waals surface area contributed by atoms with E-state index < -0.39 is 0 Å². The molecule has 1 aliphatic heterocycles. The van der Waals surface area contributed by atoms with E-state index in [4.69, 9.17) is 0 Å². The first-order valence-electron chi connectivity index (χ1n) is 8.81. The highest BCUT2D eigenvalue weighted by Gasteiger charge is 2.44. The third-order valence-corrected chi connectivity index (χ3v) is 5.36. The van der Waals surface area contributed by atoms with Gasteiger partial charge in [0.15, 0.2) is 0 Å². The normalized spacial score (nSPS) is 19.7. The number of amides is 3. The summed E-state index contributed by atoms with van der Waals surface area (Å²) in [6, 6.07) is 10.5. The van der Waals surface area contributed by atoms with E-state index in [2.05, 4.69) is 29.6 Å². The fraction of sp³-hybridized carbons (Fsp3) is 0.579. The van der Waals surface area contributed by atoms with Gasteiger partial charge in [-0.3, -0.25) is 4.79 Å². The van der Waals surface area contributed by atoms with E-state index in [1.807, 2.05) is 11.0 Å². The number of urea groups is 1. The van der Waals surface area contributed by atoms with Crippen LogP contribution in [0.3, 0.4) is 0 Å². The Balaban J connectivity index is 1.48. The SMILES string of the molecule is CN(C)C(=O)N1CCC(C(=O)NCC2(c3ccccc3)CC2)CC1. The van der Waals surface area contributed by atoms with Crippen LogP contribution in [-0.2, 0) is 10.2 Å². The second-order valence-corrected chi connectivity index (χ2v) is 7.30. The first-order chi connectivity index (χ1) is 11.5. The molecule has 0 radical (unpaired) electrons. The molecule has 1 saturated heterocycles. The molecule has 0 atom stereocenters. The summed E-state index contributed by atoms with van der Waals surface area (Å²) < 4.78 is 0. The predicted octanol–water partition coefficient (Wildman–Crippen LogP) is 2.23. The van der Waals surface area contributed by atoms with Crippen LogP contribution in [0.2, 0.25) is 0 Å². The van der Waals surface area contributed by atoms with Gasteiger partial charge in [-0.05, 0) is 31.2 Å². The molecule has 3 rings (SSSR count). The van der Waals surface area contributed by atoms with Crippen LogP contribution < -0.4 is 5.32 Å². The van der Waals surface area contributed by atoms with Crippen molar-refractivity contribution in [3.8, 4) is 0 Å². The maximum atomic E-state index is 12.5. The minimum absolute atomic E-state index is 0.0304. The largest absolute Gasteiger partial charge is 0.355 e. The molecule has 0 aromatic heterocycles. The number of nitrogens with one attached hydrogen (secondary N) is 1. The van der Waals surface area contributed by atoms with Crippen molar-refractivity contribution in [3.05, 3.63) is 35.9 Å². The van der Waals surface area contributed by atoms with Gasteiger partial charge in [-0.1, -0.05) is 30.3 Å². The number of carbonyl (C=O) groups is 2. The Kier molecular flexibility index (Phi) is 4.78. The maximum Gasteiger partial charge on any atom is 0.319 e. The van der Waals surface area contributed by atoms with Gasteiger partial charge in [0.05, 0.1) is 0 Å². The zero-order valence-corrected chi connectivity index (χ0v) is 14.6. The minimum Gasteiger partial charge on any atom is -0.355 e. The number of carbonyl (C=O) groups excluding carboxylic acids is 2. The van der Waals surface area contributed by atoms with Crippen molar-refractivity contribution in [2.75, 3.05) is 33.7 Å². The summed E-state index contributed by atoms with van der Waals surface area (Å²) in [7, 11) is 3.53. The van der Waals surface area contributed by atoms with Gasteiger partial charge >= 0.3 is 6.03 Å². The molecule has 3 amide bonds. The highest BCUT2D eigenvalue weighted by molar-refractivity contribution is 5.79. The summed E-state index contributed by atoms with van der Waals surface area (Å²) in [4.78, 5) is 27.9. The standard InChI is InChI=1S/C19H27N3O2/c1-21(2)18(24)22-12-8-15(9-13-22)17(23)20-14-19(10-11-19)16-6-4-3-5-7-16/h3-7,15H,8-14H2,1-2H3,(H,20,23). The van der Waals surface area contributed by atoms with Crippen LogP contribution in [-0.4, -0.2) is 55.5 Å². The Morgan fingerprint density at radius 3 is 2.33 bits per heavy atom. The predicted molar refractivity (Wildman–Crippen MR) is 93.7 cm³/mol. The molecule has 5 nitrogen and oxygen atoms in total. The van der Waals surface area contributed by atoms with Crippen LogP contribution in [0.15, 0.2) is 30.3 Å². The summed E-state index contributed by atoms with van der Waals surface area (Å²) in [6.45, 7) is 2.06. The molecule has 2 aliphatic rings. The van der Waals surface area contributed by atoms with Crippen LogP contribution in [0.5, 0.6) is 0 Å². The number of likely N-dealkylation sites (tertiary alicyclic amines) is 1. The second-order valence-electron chi connectivity index (χ2n) is 7.30. The van der Waals surface area contributed by atoms with E-state index in [0.29, 0.717) is 13.1 Å². The van der Waals surface area contributed by atoms with Crippen molar-refractivity contribution < 1.29 is 9.59 Å². The number of hydrogen-bond donors (Lipinski definition) is 1. The molecule has 1 saturated carbocycles. The Hall–Kier alpha value is -2.04. The fourth-order valence-electron chi connectivity index (χ4n) is 3.53. The smallest absolute Gasteiger partial charge is 0.319 e. The lowest BCUT2D eigenvalue weighted by Gasteiger charge is -2.33. The van der Waals surface area contributed by atoms with Crippen LogP contribution in [0.4, 0.5) is 4.79 Å². The van der Waals surface area contributed by atoms with E-state index >= 15 is 0 Å². The van der Waals surface area contributed by atoms with E-state index in [1.165, 1.54) is 5.56 Å². The molecule has 5 heteroatoms. The molecule has 1 N–H and O–H groups in total. The highest BCUT2D eigenvalue weighted by Crippen LogP contribution is 2.47. The molecule has 24 heavy (non-hydrogen) atoms. The first-order valence-corrected chi connectivity index (χ1v) is 8.81. The number of hydrogen-bond acceptors (Lipinski definition) is 2. The van der Waals surface area contributed by atoms with Crippen molar-refractivity contribution >= 4 is 11.9 Å². The molecule has 0 spiro atoms. The summed E-state index contributed by atoms with van der Waals surface area (Å²) in [5.41, 5.74) is 1.48. The second kappa shape index (κ2) is 6.83. The van der Waals surface area contributed by atoms with Gasteiger partial charge in [-0.2, -0.15) is 0 Å². The molecule has 0 unspecified atom stereocenters. The van der Waals surface area contributed by atoms with Crippen LogP contribution in [0.25, 0.3) is 0 Å². The lowest BCUT2D eigenvalue weighted by atomic mass is 9.93. The highest BCUT2D eigenvalue weighted by atomic mass is 16.2. The van der Waals surface area contributed by atoms with E-state index in [0.717, 1.165) is 32.2 Å². The maximum absolute atomic E-state index is 12.5. The molecule has 130 valence electrons. The van der Waals surface area contributed by atoms with E-state index in [9.17, 15) is 9.59 Å². The van der Waals surface area contributed by atoms with Gasteiger partial charge in [-0.25, -0.2) is 4.79 Å². The average Bonchev–Trinajstić information content (AvgIpc) is 3.41. The average molecular weight is 329 g/mol. The fourth-order valence-corrected chi connectivity index (χ4v) is 3.53. The van der Waals surface area contributed by atoms with Crippen LogP contribution >= 0.6 is 0 Å². The lowest BCUT2D eigenvalue weighted by Crippen LogP contribution is -2.47. The van der Waals surface area contributed by atoms with Gasteiger partial charge < -0.3 is 15.1 Å². The first kappa shape index (κ1) is 16.8. The summed E-state index contributed by atoms with van der Waals surface area (Å²) >= 11 is 0. The van der Waals surface area contributed by atoms with E-state index in [1.54, 1.807) is 19.0 Å². The third-order valence-electron chi connectivity index (χ3n) is 5.36. The van der Waals surface area contributed by atoms with Crippen LogP contribution in [0.1, 0.15) is 31.2 Å². The molecule has 1 aromatic rings. The summed E-state index contributed by atoms with van der Waals surface area (Å²) in [5.74, 6) is 0.178. The van der Waals surface area contributed by atoms with Crippen LogP contribution in [0, 0.1) is 5.92 Å². The topological polar surface area (TPSA) is 52.7 Å². The van der Waals surface area contributed by atoms with Crippen molar-refractivity contribution in [2.45, 2.75) is 31.1 Å². The number of rotatable bonds is 4. The van der Waals surface area contributed by atoms with Crippen molar-refractivity contribution in [2.24, 2.45) is 5.92 Å². The van der Waals surface area contributed by atoms with Crippen molar-refractivity contribution in [1.82, 2.24) is 15.1 Å². The molecule has 1 aromatic carbocycles. The van der Waals surface area contributed by atoms with Gasteiger partial charge in [0.2, 0.25) is 5.91 Å². The number of piperidine rings is 1. The zero-order chi connectivity index (χ0) is 17.2. The monoisotopic (exact) mass is 329 g/mol. The Morgan fingerprint density at radius 2 is 1.79 bits per heavy atom. The Labute approximate surface area is 144 Å². The molecule has 1 aliphatic carbocycles. The third kappa shape index (κ3) is 3.55. The summed E-state index contributed by atoms with van der Waals surface area (Å²) in [5, 5.41) is 3.17. The molecular formula is C19H27N3O2. The van der Waals surface area contributed by atoms with Crippen molar-refractivity contribution in [3.63, 3.8) is 0 Å². The van der Waals surface area contributed by atoms with Gasteiger partial charge in [0, 0.05) is 45.1 Å². The molecular weight excluding hydrogens is 302 g/mol. The van der Waals surface area contributed by atoms with E-state index in [-0.39, 0.29) is 23.3 Å². The quantitative estimate of drug-likeness (QED) is 0.921. The lowest BCUT2D eigenvalue weighted by molar-refractivity contribution is -0.126. The van der Waals surface area contributed by atoms with Gasteiger partial charge in [0.25, 0.3) is 0 Å². The Bertz CT molecular complexity index is 588. The number of nitrogens with zero attached hydrogens (tertiary/aromatic N) is 2. The number of benzene rings is 1. The molecule has 1 heterocycles.